The second kappa shape index (κ2) is 3.86. The van der Waals surface area contributed by atoms with Gasteiger partial charge in [-0.15, -0.1) is 0 Å². The van der Waals surface area contributed by atoms with E-state index in [2.05, 4.69) is 10.3 Å². The molecule has 0 atom stereocenters. The summed E-state index contributed by atoms with van der Waals surface area (Å²) in [5.41, 5.74) is 7.75. The molecule has 1 aliphatic carbocycles. The van der Waals surface area contributed by atoms with E-state index in [0.717, 1.165) is 17.1 Å². The van der Waals surface area contributed by atoms with E-state index in [9.17, 15) is 0 Å². The molecule has 1 aliphatic rings. The highest BCUT2D eigenvalue weighted by molar-refractivity contribution is 5.62. The molecule has 3 heteroatoms. The highest BCUT2D eigenvalue weighted by Gasteiger charge is 2.15. The summed E-state index contributed by atoms with van der Waals surface area (Å²) in [6.45, 7) is 2.00. The van der Waals surface area contributed by atoms with Gasteiger partial charge in [-0.2, -0.15) is 0 Å². The van der Waals surface area contributed by atoms with Gasteiger partial charge in [0.1, 0.15) is 5.82 Å². The molecule has 1 heterocycles. The Balaban J connectivity index is 2.08. The Kier molecular flexibility index (Phi) is 2.57. The van der Waals surface area contributed by atoms with Gasteiger partial charge in [-0.1, -0.05) is 12.8 Å². The first-order chi connectivity index (χ1) is 6.75. The minimum Gasteiger partial charge on any atom is -0.396 e. The van der Waals surface area contributed by atoms with E-state index in [0.29, 0.717) is 6.04 Å². The topological polar surface area (TPSA) is 50.9 Å². The largest absolute Gasteiger partial charge is 0.396 e. The molecule has 0 aromatic carbocycles. The van der Waals surface area contributed by atoms with Crippen molar-refractivity contribution in [2.24, 2.45) is 0 Å². The van der Waals surface area contributed by atoms with Crippen LogP contribution in [0.2, 0.25) is 0 Å². The van der Waals surface area contributed by atoms with E-state index < -0.39 is 0 Å². The Morgan fingerprint density at radius 1 is 1.43 bits per heavy atom. The molecule has 3 nitrogen and oxygen atoms in total. The molecule has 0 bridgehead atoms. The van der Waals surface area contributed by atoms with Crippen LogP contribution in [-0.4, -0.2) is 11.0 Å². The number of hydrogen-bond acceptors (Lipinski definition) is 3. The number of hydrogen-bond donors (Lipinski definition) is 2. The maximum atomic E-state index is 5.87. The van der Waals surface area contributed by atoms with Gasteiger partial charge in [0.05, 0.1) is 5.69 Å². The lowest BCUT2D eigenvalue weighted by atomic mass is 10.2. The normalized spacial score (nSPS) is 17.2. The first-order valence-corrected chi connectivity index (χ1v) is 5.24. The summed E-state index contributed by atoms with van der Waals surface area (Å²) in [6, 6.07) is 2.54. The van der Waals surface area contributed by atoms with Gasteiger partial charge in [-0.25, -0.2) is 4.98 Å². The molecule has 0 spiro atoms. The summed E-state index contributed by atoms with van der Waals surface area (Å²) < 4.78 is 0. The van der Waals surface area contributed by atoms with Crippen molar-refractivity contribution >= 4 is 11.5 Å². The molecule has 76 valence electrons. The number of rotatable bonds is 2. The number of anilines is 2. The van der Waals surface area contributed by atoms with Crippen LogP contribution in [0.5, 0.6) is 0 Å². The SMILES string of the molecule is Cc1cnc(NC2CCCC2)c(N)c1. The van der Waals surface area contributed by atoms with Crippen molar-refractivity contribution < 1.29 is 0 Å². The molecule has 1 fully saturated rings. The monoisotopic (exact) mass is 191 g/mol. The van der Waals surface area contributed by atoms with Crippen molar-refractivity contribution in [1.82, 2.24) is 4.98 Å². The zero-order chi connectivity index (χ0) is 9.97. The third-order valence-electron chi connectivity index (χ3n) is 2.75. The van der Waals surface area contributed by atoms with E-state index in [4.69, 9.17) is 5.73 Å². The Labute approximate surface area is 84.7 Å². The van der Waals surface area contributed by atoms with Crippen LogP contribution in [0.1, 0.15) is 31.2 Å². The fraction of sp³-hybridized carbons (Fsp3) is 0.545. The summed E-state index contributed by atoms with van der Waals surface area (Å²) in [7, 11) is 0. The molecule has 0 unspecified atom stereocenters. The van der Waals surface area contributed by atoms with Crippen molar-refractivity contribution in [3.63, 3.8) is 0 Å². The number of nitrogen functional groups attached to an aromatic ring is 1. The standard InChI is InChI=1S/C11H17N3/c1-8-6-10(12)11(13-7-8)14-9-4-2-3-5-9/h6-7,9H,2-5,12H2,1H3,(H,13,14). The van der Waals surface area contributed by atoms with Gasteiger partial charge in [0.15, 0.2) is 0 Å². The van der Waals surface area contributed by atoms with Gasteiger partial charge >= 0.3 is 0 Å². The van der Waals surface area contributed by atoms with Gasteiger partial charge in [0.25, 0.3) is 0 Å². The summed E-state index contributed by atoms with van der Waals surface area (Å²) in [4.78, 5) is 4.31. The Morgan fingerprint density at radius 2 is 2.14 bits per heavy atom. The van der Waals surface area contributed by atoms with Crippen LogP contribution in [-0.2, 0) is 0 Å². The number of aryl methyl sites for hydroxylation is 1. The molecule has 3 N–H and O–H groups in total. The van der Waals surface area contributed by atoms with Crippen LogP contribution in [0.4, 0.5) is 11.5 Å². The third-order valence-corrected chi connectivity index (χ3v) is 2.75. The van der Waals surface area contributed by atoms with Crippen LogP contribution < -0.4 is 11.1 Å². The van der Waals surface area contributed by atoms with Crippen molar-refractivity contribution in [1.29, 1.82) is 0 Å². The lowest BCUT2D eigenvalue weighted by Crippen LogP contribution is -2.16. The van der Waals surface area contributed by atoms with Crippen LogP contribution >= 0.6 is 0 Å². The molecular weight excluding hydrogens is 174 g/mol. The summed E-state index contributed by atoms with van der Waals surface area (Å²) >= 11 is 0. The zero-order valence-corrected chi connectivity index (χ0v) is 8.59. The molecule has 2 rings (SSSR count). The maximum Gasteiger partial charge on any atom is 0.149 e. The van der Waals surface area contributed by atoms with Crippen LogP contribution in [0, 0.1) is 6.92 Å². The fourth-order valence-electron chi connectivity index (χ4n) is 1.98. The number of pyridine rings is 1. The second-order valence-electron chi connectivity index (χ2n) is 4.08. The average molecular weight is 191 g/mol. The fourth-order valence-corrected chi connectivity index (χ4v) is 1.98. The zero-order valence-electron chi connectivity index (χ0n) is 8.59. The minimum atomic E-state index is 0.576. The maximum absolute atomic E-state index is 5.87. The quantitative estimate of drug-likeness (QED) is 0.754. The van der Waals surface area contributed by atoms with Crippen molar-refractivity contribution in [2.75, 3.05) is 11.1 Å². The highest BCUT2D eigenvalue weighted by Crippen LogP contribution is 2.24. The van der Waals surface area contributed by atoms with Crippen molar-refractivity contribution in [3.05, 3.63) is 17.8 Å². The predicted molar refractivity (Wildman–Crippen MR) is 59.3 cm³/mol. The van der Waals surface area contributed by atoms with Gasteiger partial charge in [0, 0.05) is 12.2 Å². The number of aromatic nitrogens is 1. The molecule has 0 amide bonds. The Morgan fingerprint density at radius 3 is 2.79 bits per heavy atom. The lowest BCUT2D eigenvalue weighted by molar-refractivity contribution is 0.751. The molecule has 1 aromatic heterocycles. The summed E-state index contributed by atoms with van der Waals surface area (Å²) in [5, 5.41) is 3.40. The van der Waals surface area contributed by atoms with Crippen LogP contribution in [0.15, 0.2) is 12.3 Å². The van der Waals surface area contributed by atoms with Gasteiger partial charge in [-0.3, -0.25) is 0 Å². The number of nitrogens with one attached hydrogen (secondary N) is 1. The van der Waals surface area contributed by atoms with E-state index in [1.807, 2.05) is 19.2 Å². The molecule has 1 aromatic rings. The van der Waals surface area contributed by atoms with Gasteiger partial charge < -0.3 is 11.1 Å². The predicted octanol–water partition coefficient (Wildman–Crippen LogP) is 2.33. The Hall–Kier alpha value is -1.25. The molecular formula is C11H17N3. The first-order valence-electron chi connectivity index (χ1n) is 5.24. The van der Waals surface area contributed by atoms with E-state index in [-0.39, 0.29) is 0 Å². The molecule has 0 saturated heterocycles. The smallest absolute Gasteiger partial charge is 0.149 e. The van der Waals surface area contributed by atoms with E-state index in [1.54, 1.807) is 0 Å². The summed E-state index contributed by atoms with van der Waals surface area (Å²) in [5.74, 6) is 0.850. The summed E-state index contributed by atoms with van der Waals surface area (Å²) in [6.07, 6.45) is 6.99. The highest BCUT2D eigenvalue weighted by atomic mass is 15.0. The van der Waals surface area contributed by atoms with E-state index >= 15 is 0 Å². The lowest BCUT2D eigenvalue weighted by Gasteiger charge is -2.14. The third kappa shape index (κ3) is 1.97. The Bertz CT molecular complexity index is 316. The molecule has 0 aliphatic heterocycles. The van der Waals surface area contributed by atoms with Crippen LogP contribution in [0.3, 0.4) is 0 Å². The first kappa shape index (κ1) is 9.31. The van der Waals surface area contributed by atoms with Crippen molar-refractivity contribution in [2.45, 2.75) is 38.6 Å². The van der Waals surface area contributed by atoms with Gasteiger partial charge in [0.2, 0.25) is 0 Å². The van der Waals surface area contributed by atoms with Crippen molar-refractivity contribution in [3.8, 4) is 0 Å². The second-order valence-corrected chi connectivity index (χ2v) is 4.08. The van der Waals surface area contributed by atoms with E-state index in [1.165, 1.54) is 25.7 Å². The minimum absolute atomic E-state index is 0.576. The molecule has 0 radical (unpaired) electrons. The average Bonchev–Trinajstić information content (AvgIpc) is 2.62. The molecule has 1 saturated carbocycles. The number of nitrogens with two attached hydrogens (primary N) is 1. The van der Waals surface area contributed by atoms with Gasteiger partial charge in [-0.05, 0) is 31.4 Å². The van der Waals surface area contributed by atoms with Crippen LogP contribution in [0.25, 0.3) is 0 Å². The number of nitrogens with zero attached hydrogens (tertiary/aromatic N) is 1. The molecule has 14 heavy (non-hydrogen) atoms.